The summed E-state index contributed by atoms with van der Waals surface area (Å²) < 4.78 is 39.1. The molecule has 0 bridgehead atoms. The summed E-state index contributed by atoms with van der Waals surface area (Å²) in [4.78, 5) is 14.5. The van der Waals surface area contributed by atoms with Crippen LogP contribution in [-0.2, 0) is 21.4 Å². The highest BCUT2D eigenvalue weighted by molar-refractivity contribution is 7.89. The second-order valence-electron chi connectivity index (χ2n) is 7.65. The van der Waals surface area contributed by atoms with Gasteiger partial charge in [0.1, 0.15) is 13.2 Å². The third kappa shape index (κ3) is 4.94. The fourth-order valence-electron chi connectivity index (χ4n) is 3.77. The Balaban J connectivity index is 1.35. The van der Waals surface area contributed by atoms with Crippen molar-refractivity contribution in [2.75, 3.05) is 26.3 Å². The van der Waals surface area contributed by atoms with Crippen molar-refractivity contribution in [2.45, 2.75) is 30.7 Å². The number of hydrogen-bond acceptors (Lipinski definition) is 5. The lowest BCUT2D eigenvalue weighted by atomic mass is 10.0. The Bertz CT molecular complexity index is 994. The maximum absolute atomic E-state index is 12.7. The molecule has 0 spiro atoms. The van der Waals surface area contributed by atoms with Crippen molar-refractivity contribution >= 4 is 15.9 Å². The van der Waals surface area contributed by atoms with Gasteiger partial charge in [0.25, 0.3) is 0 Å². The zero-order valence-corrected chi connectivity index (χ0v) is 17.6. The molecule has 0 aliphatic carbocycles. The van der Waals surface area contributed by atoms with Crippen LogP contribution in [0.1, 0.15) is 24.8 Å². The van der Waals surface area contributed by atoms with Gasteiger partial charge in [-0.05, 0) is 36.5 Å². The molecule has 1 N–H and O–H groups in total. The maximum atomic E-state index is 12.7. The summed E-state index contributed by atoms with van der Waals surface area (Å²) in [6.45, 7) is 2.39. The van der Waals surface area contributed by atoms with E-state index in [2.05, 4.69) is 4.72 Å². The smallest absolute Gasteiger partial charge is 0.240 e. The lowest BCUT2D eigenvalue weighted by Crippen LogP contribution is -2.31. The highest BCUT2D eigenvalue weighted by Crippen LogP contribution is 2.32. The van der Waals surface area contributed by atoms with Gasteiger partial charge >= 0.3 is 0 Å². The number of benzene rings is 2. The van der Waals surface area contributed by atoms with Gasteiger partial charge in [0, 0.05) is 32.1 Å². The van der Waals surface area contributed by atoms with E-state index in [4.69, 9.17) is 9.47 Å². The predicted molar refractivity (Wildman–Crippen MR) is 112 cm³/mol. The van der Waals surface area contributed by atoms with Crippen LogP contribution in [0.4, 0.5) is 0 Å². The van der Waals surface area contributed by atoms with Crippen LogP contribution in [0, 0.1) is 5.92 Å². The van der Waals surface area contributed by atoms with Crippen LogP contribution in [0.15, 0.2) is 53.4 Å². The average molecular weight is 431 g/mol. The molecule has 7 nitrogen and oxygen atoms in total. The van der Waals surface area contributed by atoms with Crippen LogP contribution in [0.3, 0.4) is 0 Å². The molecule has 2 aliphatic heterocycles. The fourth-order valence-corrected chi connectivity index (χ4v) is 4.90. The molecule has 0 aromatic heterocycles. The molecule has 8 heteroatoms. The summed E-state index contributed by atoms with van der Waals surface area (Å²) >= 11 is 0. The van der Waals surface area contributed by atoms with E-state index in [1.165, 1.54) is 12.1 Å². The van der Waals surface area contributed by atoms with Crippen LogP contribution in [-0.4, -0.2) is 45.5 Å². The number of nitrogens with one attached hydrogen (secondary N) is 1. The van der Waals surface area contributed by atoms with E-state index in [-0.39, 0.29) is 16.7 Å². The van der Waals surface area contributed by atoms with Gasteiger partial charge in [0.05, 0.1) is 4.90 Å². The van der Waals surface area contributed by atoms with Gasteiger partial charge in [-0.1, -0.05) is 30.3 Å². The van der Waals surface area contributed by atoms with Crippen LogP contribution >= 0.6 is 0 Å². The van der Waals surface area contributed by atoms with E-state index >= 15 is 0 Å². The standard InChI is InChI=1S/C22H26N2O5S/c25-22-9-6-17(10-11-24(22)16-18-4-2-1-3-5-18)15-23-30(26,27)19-7-8-20-21(14-19)29-13-12-28-20/h1-5,7-8,14,17,23H,6,9-13,15-16H2. The highest BCUT2D eigenvalue weighted by Gasteiger charge is 2.25. The Labute approximate surface area is 177 Å². The summed E-state index contributed by atoms with van der Waals surface area (Å²) in [7, 11) is -3.66. The first kappa shape index (κ1) is 20.7. The van der Waals surface area contributed by atoms with Crippen molar-refractivity contribution in [3.05, 3.63) is 54.1 Å². The number of fused-ring (bicyclic) bond motifs is 1. The molecule has 2 aromatic carbocycles. The van der Waals surface area contributed by atoms with Crippen molar-refractivity contribution in [3.63, 3.8) is 0 Å². The average Bonchev–Trinajstić information content (AvgIpc) is 2.94. The van der Waals surface area contributed by atoms with Gasteiger partial charge in [0.15, 0.2) is 11.5 Å². The molecule has 30 heavy (non-hydrogen) atoms. The molecule has 160 valence electrons. The van der Waals surface area contributed by atoms with Crippen LogP contribution < -0.4 is 14.2 Å². The molecule has 2 heterocycles. The minimum atomic E-state index is -3.66. The molecule has 2 aromatic rings. The second-order valence-corrected chi connectivity index (χ2v) is 9.42. The Morgan fingerprint density at radius 3 is 2.57 bits per heavy atom. The monoisotopic (exact) mass is 430 g/mol. The van der Waals surface area contributed by atoms with Crippen molar-refractivity contribution < 1.29 is 22.7 Å². The number of carbonyl (C=O) groups excluding carboxylic acids is 1. The number of rotatable bonds is 6. The van der Waals surface area contributed by atoms with E-state index in [0.29, 0.717) is 57.2 Å². The second kappa shape index (κ2) is 9.06. The summed E-state index contributed by atoms with van der Waals surface area (Å²) in [5.41, 5.74) is 1.10. The van der Waals surface area contributed by atoms with Gasteiger partial charge < -0.3 is 14.4 Å². The molecule has 1 saturated heterocycles. The van der Waals surface area contributed by atoms with Crippen LogP contribution in [0.2, 0.25) is 0 Å². The van der Waals surface area contributed by atoms with Crippen LogP contribution in [0.5, 0.6) is 11.5 Å². The molecule has 1 atom stereocenters. The Morgan fingerprint density at radius 2 is 1.77 bits per heavy atom. The molecule has 0 radical (unpaired) electrons. The van der Waals surface area contributed by atoms with E-state index in [1.54, 1.807) is 6.07 Å². The third-order valence-corrected chi connectivity index (χ3v) is 6.95. The topological polar surface area (TPSA) is 84.9 Å². The molecular weight excluding hydrogens is 404 g/mol. The molecule has 4 rings (SSSR count). The normalized spacial score (nSPS) is 19.4. The lowest BCUT2D eigenvalue weighted by Gasteiger charge is -2.21. The quantitative estimate of drug-likeness (QED) is 0.761. The van der Waals surface area contributed by atoms with Gasteiger partial charge in [-0.25, -0.2) is 13.1 Å². The summed E-state index contributed by atoms with van der Waals surface area (Å²) in [6, 6.07) is 14.5. The first-order valence-corrected chi connectivity index (χ1v) is 11.7. The summed E-state index contributed by atoms with van der Waals surface area (Å²) in [5.74, 6) is 1.24. The minimum absolute atomic E-state index is 0.113. The van der Waals surface area contributed by atoms with Gasteiger partial charge in [-0.2, -0.15) is 0 Å². The summed E-state index contributed by atoms with van der Waals surface area (Å²) in [6.07, 6.45) is 1.87. The van der Waals surface area contributed by atoms with E-state index in [9.17, 15) is 13.2 Å². The first-order valence-electron chi connectivity index (χ1n) is 10.2. The SMILES string of the molecule is O=C1CCC(CNS(=O)(=O)c2ccc3c(c2)OCCO3)CCN1Cc1ccccc1. The van der Waals surface area contributed by atoms with Crippen molar-refractivity contribution in [3.8, 4) is 11.5 Å². The molecule has 0 saturated carbocycles. The van der Waals surface area contributed by atoms with Crippen molar-refractivity contribution in [1.82, 2.24) is 9.62 Å². The van der Waals surface area contributed by atoms with Crippen LogP contribution in [0.25, 0.3) is 0 Å². The Kier molecular flexibility index (Phi) is 6.24. The van der Waals surface area contributed by atoms with Gasteiger partial charge in [0.2, 0.25) is 15.9 Å². The molecule has 1 fully saturated rings. The highest BCUT2D eigenvalue weighted by atomic mass is 32.2. The number of ether oxygens (including phenoxy) is 2. The number of amides is 1. The summed E-state index contributed by atoms with van der Waals surface area (Å²) in [5, 5.41) is 0. The maximum Gasteiger partial charge on any atom is 0.240 e. The van der Waals surface area contributed by atoms with E-state index in [0.717, 1.165) is 12.0 Å². The zero-order valence-electron chi connectivity index (χ0n) is 16.7. The van der Waals surface area contributed by atoms with Gasteiger partial charge in [-0.15, -0.1) is 0 Å². The molecule has 1 unspecified atom stereocenters. The predicted octanol–water partition coefficient (Wildman–Crippen LogP) is 2.57. The number of carbonyl (C=O) groups is 1. The van der Waals surface area contributed by atoms with Crippen molar-refractivity contribution in [1.29, 1.82) is 0 Å². The minimum Gasteiger partial charge on any atom is -0.486 e. The molecule has 2 aliphatic rings. The number of likely N-dealkylation sites (tertiary alicyclic amines) is 1. The number of nitrogens with zero attached hydrogens (tertiary/aromatic N) is 1. The third-order valence-electron chi connectivity index (χ3n) is 5.53. The lowest BCUT2D eigenvalue weighted by molar-refractivity contribution is -0.131. The number of sulfonamides is 1. The van der Waals surface area contributed by atoms with E-state index < -0.39 is 10.0 Å². The van der Waals surface area contributed by atoms with Crippen molar-refractivity contribution in [2.24, 2.45) is 5.92 Å². The Morgan fingerprint density at radius 1 is 1.00 bits per heavy atom. The molecule has 1 amide bonds. The largest absolute Gasteiger partial charge is 0.486 e. The Hall–Kier alpha value is -2.58. The van der Waals surface area contributed by atoms with E-state index in [1.807, 2.05) is 35.2 Å². The fraction of sp³-hybridized carbons (Fsp3) is 0.409. The van der Waals surface area contributed by atoms with Gasteiger partial charge in [-0.3, -0.25) is 4.79 Å². The molecular formula is C22H26N2O5S. The zero-order chi connectivity index (χ0) is 21.0. The number of hydrogen-bond donors (Lipinski definition) is 1. The first-order chi connectivity index (χ1) is 14.5.